The van der Waals surface area contributed by atoms with E-state index in [-0.39, 0.29) is 5.91 Å². The minimum atomic E-state index is -3.32. The highest BCUT2D eigenvalue weighted by Gasteiger charge is 2.16. The fourth-order valence-electron chi connectivity index (χ4n) is 1.96. The summed E-state index contributed by atoms with van der Waals surface area (Å²) >= 11 is 3.33. The third kappa shape index (κ3) is 5.47. The molecular formula is C17H19BrN2O4S. The summed E-state index contributed by atoms with van der Waals surface area (Å²) in [4.78, 5) is 12.2. The molecule has 2 rings (SSSR count). The normalized spacial score (nSPS) is 12.3. The molecule has 0 spiro atoms. The molecule has 0 bridgehead atoms. The number of carbonyl (C=O) groups excluding carboxylic acids is 1. The molecule has 0 heterocycles. The van der Waals surface area contributed by atoms with Gasteiger partial charge >= 0.3 is 0 Å². The van der Waals surface area contributed by atoms with E-state index in [0.717, 1.165) is 10.7 Å². The van der Waals surface area contributed by atoms with Gasteiger partial charge in [-0.05, 0) is 55.5 Å². The van der Waals surface area contributed by atoms with E-state index in [4.69, 9.17) is 4.74 Å². The van der Waals surface area contributed by atoms with Gasteiger partial charge in [-0.25, -0.2) is 8.42 Å². The van der Waals surface area contributed by atoms with Gasteiger partial charge in [0.25, 0.3) is 5.91 Å². The van der Waals surface area contributed by atoms with Gasteiger partial charge in [-0.1, -0.05) is 15.9 Å². The molecule has 1 atom stereocenters. The van der Waals surface area contributed by atoms with Gasteiger partial charge in [-0.15, -0.1) is 0 Å². The van der Waals surface area contributed by atoms with Crippen molar-refractivity contribution in [2.24, 2.45) is 0 Å². The molecule has 0 saturated carbocycles. The average Bonchev–Trinajstić information content (AvgIpc) is 2.56. The lowest BCUT2D eigenvalue weighted by atomic mass is 10.3. The minimum absolute atomic E-state index is 0.278. The van der Waals surface area contributed by atoms with Crippen LogP contribution in [0.1, 0.15) is 6.92 Å². The summed E-state index contributed by atoms with van der Waals surface area (Å²) < 4.78 is 30.7. The Morgan fingerprint density at radius 2 is 1.68 bits per heavy atom. The van der Waals surface area contributed by atoms with Crippen LogP contribution in [0.15, 0.2) is 53.0 Å². The number of hydrogen-bond donors (Lipinski definition) is 1. The number of carbonyl (C=O) groups is 1. The molecular weight excluding hydrogens is 408 g/mol. The molecule has 2 aromatic carbocycles. The smallest absolute Gasteiger partial charge is 0.265 e. The third-order valence-corrected chi connectivity index (χ3v) is 5.23. The molecule has 8 heteroatoms. The average molecular weight is 427 g/mol. The van der Waals surface area contributed by atoms with Crippen molar-refractivity contribution in [2.75, 3.05) is 22.9 Å². The second kappa shape index (κ2) is 7.88. The maximum absolute atomic E-state index is 12.2. The van der Waals surface area contributed by atoms with Crippen molar-refractivity contribution in [3.8, 4) is 5.75 Å². The first-order valence-electron chi connectivity index (χ1n) is 7.44. The Bertz CT molecular complexity index is 836. The van der Waals surface area contributed by atoms with Gasteiger partial charge in [0, 0.05) is 17.2 Å². The van der Waals surface area contributed by atoms with Gasteiger partial charge in [0.15, 0.2) is 6.10 Å². The zero-order valence-electron chi connectivity index (χ0n) is 14.1. The fraction of sp³-hybridized carbons (Fsp3) is 0.235. The van der Waals surface area contributed by atoms with E-state index in [1.807, 2.05) is 12.1 Å². The molecule has 0 aliphatic heterocycles. The second-order valence-electron chi connectivity index (χ2n) is 5.48. The van der Waals surface area contributed by atoms with Crippen LogP contribution in [0.25, 0.3) is 0 Å². The Balaban J connectivity index is 1.99. The van der Waals surface area contributed by atoms with E-state index in [1.54, 1.807) is 43.3 Å². The van der Waals surface area contributed by atoms with Gasteiger partial charge in [0.1, 0.15) is 5.75 Å². The fourth-order valence-corrected chi connectivity index (χ4v) is 2.73. The lowest BCUT2D eigenvalue weighted by molar-refractivity contribution is -0.122. The van der Waals surface area contributed by atoms with Crippen LogP contribution in [0.2, 0.25) is 0 Å². The van der Waals surface area contributed by atoms with E-state index in [0.29, 0.717) is 17.1 Å². The predicted molar refractivity (Wildman–Crippen MR) is 103 cm³/mol. The molecule has 6 nitrogen and oxygen atoms in total. The van der Waals surface area contributed by atoms with Crippen LogP contribution in [0.3, 0.4) is 0 Å². The zero-order chi connectivity index (χ0) is 18.6. The summed E-state index contributed by atoms with van der Waals surface area (Å²) in [5.74, 6) is 0.198. The van der Waals surface area contributed by atoms with E-state index in [9.17, 15) is 13.2 Å². The van der Waals surface area contributed by atoms with Gasteiger partial charge in [0.05, 0.1) is 11.9 Å². The number of anilines is 2. The van der Waals surface area contributed by atoms with Crippen LogP contribution in [0.4, 0.5) is 11.4 Å². The van der Waals surface area contributed by atoms with Crippen LogP contribution < -0.4 is 14.4 Å². The van der Waals surface area contributed by atoms with E-state index in [2.05, 4.69) is 21.2 Å². The Morgan fingerprint density at radius 3 is 2.20 bits per heavy atom. The van der Waals surface area contributed by atoms with Crippen LogP contribution in [-0.2, 0) is 14.8 Å². The zero-order valence-corrected chi connectivity index (χ0v) is 16.5. The first-order chi connectivity index (χ1) is 11.7. The quantitative estimate of drug-likeness (QED) is 0.768. The van der Waals surface area contributed by atoms with Crippen LogP contribution >= 0.6 is 15.9 Å². The van der Waals surface area contributed by atoms with Crippen molar-refractivity contribution in [3.63, 3.8) is 0 Å². The molecule has 1 N–H and O–H groups in total. The number of amides is 1. The van der Waals surface area contributed by atoms with Crippen LogP contribution in [0, 0.1) is 0 Å². The van der Waals surface area contributed by atoms with Crippen molar-refractivity contribution in [1.82, 2.24) is 0 Å². The molecule has 0 saturated heterocycles. The molecule has 25 heavy (non-hydrogen) atoms. The van der Waals surface area contributed by atoms with Gasteiger partial charge in [-0.3, -0.25) is 9.10 Å². The molecule has 0 aliphatic carbocycles. The Kier molecular flexibility index (Phi) is 6.07. The number of benzene rings is 2. The van der Waals surface area contributed by atoms with E-state index in [1.165, 1.54) is 11.4 Å². The maximum Gasteiger partial charge on any atom is 0.265 e. The number of hydrogen-bond acceptors (Lipinski definition) is 4. The highest BCUT2D eigenvalue weighted by molar-refractivity contribution is 9.10. The number of sulfonamides is 1. The van der Waals surface area contributed by atoms with Crippen LogP contribution in [-0.4, -0.2) is 33.7 Å². The molecule has 2 aromatic rings. The Morgan fingerprint density at radius 1 is 1.12 bits per heavy atom. The molecule has 1 unspecified atom stereocenters. The summed E-state index contributed by atoms with van der Waals surface area (Å²) in [6, 6.07) is 13.7. The highest BCUT2D eigenvalue weighted by Crippen LogP contribution is 2.21. The second-order valence-corrected chi connectivity index (χ2v) is 8.41. The first kappa shape index (κ1) is 19.3. The number of nitrogens with zero attached hydrogens (tertiary/aromatic N) is 1. The Hall–Kier alpha value is -2.06. The topological polar surface area (TPSA) is 75.7 Å². The predicted octanol–water partition coefficient (Wildman–Crippen LogP) is 3.25. The van der Waals surface area contributed by atoms with Crippen molar-refractivity contribution in [1.29, 1.82) is 0 Å². The van der Waals surface area contributed by atoms with Crippen LogP contribution in [0.5, 0.6) is 5.75 Å². The maximum atomic E-state index is 12.2. The molecule has 0 fully saturated rings. The lowest BCUT2D eigenvalue weighted by Gasteiger charge is -2.18. The third-order valence-electron chi connectivity index (χ3n) is 3.49. The molecule has 0 aliphatic rings. The van der Waals surface area contributed by atoms with Gasteiger partial charge in [-0.2, -0.15) is 0 Å². The number of rotatable bonds is 6. The van der Waals surface area contributed by atoms with Gasteiger partial charge in [0.2, 0.25) is 10.0 Å². The van der Waals surface area contributed by atoms with Crippen molar-refractivity contribution >= 4 is 43.2 Å². The summed E-state index contributed by atoms with van der Waals surface area (Å²) in [7, 11) is -1.85. The highest BCUT2D eigenvalue weighted by atomic mass is 79.9. The largest absolute Gasteiger partial charge is 0.481 e. The van der Waals surface area contributed by atoms with Crippen molar-refractivity contribution in [3.05, 3.63) is 53.0 Å². The summed E-state index contributed by atoms with van der Waals surface area (Å²) in [6.45, 7) is 1.64. The van der Waals surface area contributed by atoms with Gasteiger partial charge < -0.3 is 10.1 Å². The van der Waals surface area contributed by atoms with Crippen molar-refractivity contribution in [2.45, 2.75) is 13.0 Å². The van der Waals surface area contributed by atoms with Crippen molar-refractivity contribution < 1.29 is 17.9 Å². The summed E-state index contributed by atoms with van der Waals surface area (Å²) in [5, 5.41) is 2.77. The minimum Gasteiger partial charge on any atom is -0.481 e. The molecule has 0 radical (unpaired) electrons. The first-order valence-corrected chi connectivity index (χ1v) is 10.1. The monoisotopic (exact) mass is 426 g/mol. The van der Waals surface area contributed by atoms with E-state index >= 15 is 0 Å². The molecule has 1 amide bonds. The number of nitrogens with one attached hydrogen (secondary N) is 1. The molecule has 134 valence electrons. The lowest BCUT2D eigenvalue weighted by Crippen LogP contribution is -2.30. The standard InChI is InChI=1S/C17H19BrN2O4S/c1-12(17(21)19-14-6-4-13(18)5-7-14)24-16-10-8-15(9-11-16)20(2)25(3,22)23/h4-12H,1-3H3,(H,19,21). The SMILES string of the molecule is CC(Oc1ccc(N(C)S(C)(=O)=O)cc1)C(=O)Nc1ccc(Br)cc1. The number of halogens is 1. The summed E-state index contributed by atoms with van der Waals surface area (Å²) in [6.07, 6.45) is 0.425. The summed E-state index contributed by atoms with van der Waals surface area (Å²) in [5.41, 5.74) is 1.19. The Labute approximate surface area is 156 Å². The molecule has 0 aromatic heterocycles. The number of ether oxygens (including phenoxy) is 1. The van der Waals surface area contributed by atoms with E-state index < -0.39 is 16.1 Å².